The number of rotatable bonds is 5. The lowest BCUT2D eigenvalue weighted by molar-refractivity contribution is 0.548. The Kier molecular flexibility index (Phi) is 4.79. The Hall–Kier alpha value is -1.25. The molecule has 1 atom stereocenters. The first-order valence-corrected chi connectivity index (χ1v) is 6.30. The Balaban J connectivity index is 2.99. The molecule has 2 nitrogen and oxygen atoms in total. The fourth-order valence-corrected chi connectivity index (χ4v) is 1.86. The lowest BCUT2D eigenvalue weighted by Crippen LogP contribution is -2.28. The number of anilines is 2. The van der Waals surface area contributed by atoms with E-state index in [-0.39, 0.29) is 5.82 Å². The van der Waals surface area contributed by atoms with Gasteiger partial charge in [-0.1, -0.05) is 20.3 Å². The first kappa shape index (κ1) is 13.8. The highest BCUT2D eigenvalue weighted by Crippen LogP contribution is 2.27. The maximum Gasteiger partial charge on any atom is 0.128 e. The molecule has 0 fully saturated rings. The molecule has 17 heavy (non-hydrogen) atoms. The van der Waals surface area contributed by atoms with Gasteiger partial charge in [-0.25, -0.2) is 4.39 Å². The van der Waals surface area contributed by atoms with Crippen LogP contribution in [0.25, 0.3) is 0 Å². The summed E-state index contributed by atoms with van der Waals surface area (Å²) in [4.78, 5) is 2.22. The molecule has 0 aliphatic carbocycles. The van der Waals surface area contributed by atoms with Crippen molar-refractivity contribution in [1.82, 2.24) is 0 Å². The molecule has 1 aromatic carbocycles. The lowest BCUT2D eigenvalue weighted by Gasteiger charge is -2.27. The molecule has 0 aliphatic heterocycles. The van der Waals surface area contributed by atoms with E-state index in [0.717, 1.165) is 25.2 Å². The van der Waals surface area contributed by atoms with Gasteiger partial charge in [0, 0.05) is 13.1 Å². The summed E-state index contributed by atoms with van der Waals surface area (Å²) in [6.07, 6.45) is 1.14. The highest BCUT2D eigenvalue weighted by Gasteiger charge is 2.13. The van der Waals surface area contributed by atoms with Crippen LogP contribution in [-0.2, 0) is 0 Å². The van der Waals surface area contributed by atoms with E-state index in [0.29, 0.717) is 17.2 Å². The molecule has 0 spiro atoms. The van der Waals surface area contributed by atoms with Gasteiger partial charge >= 0.3 is 0 Å². The van der Waals surface area contributed by atoms with Crippen molar-refractivity contribution in [3.05, 3.63) is 23.5 Å². The van der Waals surface area contributed by atoms with Crippen LogP contribution in [0, 0.1) is 18.7 Å². The topological polar surface area (TPSA) is 29.3 Å². The van der Waals surface area contributed by atoms with Crippen molar-refractivity contribution >= 4 is 11.4 Å². The van der Waals surface area contributed by atoms with Crippen LogP contribution in [-0.4, -0.2) is 13.1 Å². The molecule has 0 saturated carbocycles. The summed E-state index contributed by atoms with van der Waals surface area (Å²) in [5.74, 6) is 0.380. The third-order valence-electron chi connectivity index (χ3n) is 3.26. The van der Waals surface area contributed by atoms with Crippen molar-refractivity contribution < 1.29 is 4.39 Å². The van der Waals surface area contributed by atoms with E-state index in [1.807, 2.05) is 6.07 Å². The standard InChI is InChI=1S/C14H23FN2/c1-5-10(3)9-17(6-2)14-7-11(4)12(15)8-13(14)16/h7-8,10H,5-6,9,16H2,1-4H3. The van der Waals surface area contributed by atoms with E-state index < -0.39 is 0 Å². The second-order valence-electron chi connectivity index (χ2n) is 4.71. The van der Waals surface area contributed by atoms with Gasteiger partial charge in [-0.15, -0.1) is 0 Å². The highest BCUT2D eigenvalue weighted by molar-refractivity contribution is 5.68. The van der Waals surface area contributed by atoms with Gasteiger partial charge in [0.1, 0.15) is 5.82 Å². The van der Waals surface area contributed by atoms with Gasteiger partial charge in [-0.2, -0.15) is 0 Å². The zero-order chi connectivity index (χ0) is 13.0. The summed E-state index contributed by atoms with van der Waals surface area (Å²) < 4.78 is 13.4. The van der Waals surface area contributed by atoms with Gasteiger partial charge in [0.15, 0.2) is 0 Å². The van der Waals surface area contributed by atoms with E-state index in [1.54, 1.807) is 6.92 Å². The molecule has 96 valence electrons. The number of benzene rings is 1. The Morgan fingerprint density at radius 2 is 2.00 bits per heavy atom. The average Bonchev–Trinajstić information content (AvgIpc) is 2.30. The first-order valence-electron chi connectivity index (χ1n) is 6.30. The van der Waals surface area contributed by atoms with Crippen LogP contribution in [0.15, 0.2) is 12.1 Å². The fraction of sp³-hybridized carbons (Fsp3) is 0.571. The van der Waals surface area contributed by atoms with Gasteiger partial charge in [-0.05, 0) is 37.5 Å². The monoisotopic (exact) mass is 238 g/mol. The molecule has 2 N–H and O–H groups in total. The minimum absolute atomic E-state index is 0.231. The van der Waals surface area contributed by atoms with E-state index in [4.69, 9.17) is 5.73 Å². The van der Waals surface area contributed by atoms with Gasteiger partial charge < -0.3 is 10.6 Å². The van der Waals surface area contributed by atoms with Crippen molar-refractivity contribution in [1.29, 1.82) is 0 Å². The molecule has 0 saturated heterocycles. The summed E-state index contributed by atoms with van der Waals surface area (Å²) in [5.41, 5.74) is 8.03. The van der Waals surface area contributed by atoms with Crippen LogP contribution in [0.4, 0.5) is 15.8 Å². The third kappa shape index (κ3) is 3.35. The van der Waals surface area contributed by atoms with Crippen molar-refractivity contribution in [2.24, 2.45) is 5.92 Å². The number of nitrogens with zero attached hydrogens (tertiary/aromatic N) is 1. The number of nitrogen functional groups attached to an aromatic ring is 1. The average molecular weight is 238 g/mol. The highest BCUT2D eigenvalue weighted by atomic mass is 19.1. The Labute approximate surface area is 104 Å². The number of nitrogens with two attached hydrogens (primary N) is 1. The first-order chi connectivity index (χ1) is 7.99. The quantitative estimate of drug-likeness (QED) is 0.794. The molecular weight excluding hydrogens is 215 g/mol. The molecule has 0 radical (unpaired) electrons. The van der Waals surface area contributed by atoms with Crippen LogP contribution in [0.5, 0.6) is 0 Å². The van der Waals surface area contributed by atoms with Crippen molar-refractivity contribution in [3.63, 3.8) is 0 Å². The second-order valence-corrected chi connectivity index (χ2v) is 4.71. The summed E-state index contributed by atoms with van der Waals surface area (Å²) in [5, 5.41) is 0. The molecule has 0 aromatic heterocycles. The second kappa shape index (κ2) is 5.89. The van der Waals surface area contributed by atoms with Gasteiger partial charge in [0.2, 0.25) is 0 Å². The minimum atomic E-state index is -0.231. The molecule has 1 aromatic rings. The third-order valence-corrected chi connectivity index (χ3v) is 3.26. The number of hydrogen-bond donors (Lipinski definition) is 1. The van der Waals surface area contributed by atoms with Crippen LogP contribution in [0.2, 0.25) is 0 Å². The van der Waals surface area contributed by atoms with Crippen molar-refractivity contribution in [3.8, 4) is 0 Å². The van der Waals surface area contributed by atoms with Crippen LogP contribution >= 0.6 is 0 Å². The molecule has 0 amide bonds. The minimum Gasteiger partial charge on any atom is -0.397 e. The Bertz CT molecular complexity index is 377. The van der Waals surface area contributed by atoms with Gasteiger partial charge in [0.05, 0.1) is 11.4 Å². The zero-order valence-electron chi connectivity index (χ0n) is 11.3. The maximum atomic E-state index is 13.4. The van der Waals surface area contributed by atoms with Gasteiger partial charge in [-0.3, -0.25) is 0 Å². The normalized spacial score (nSPS) is 12.5. The Morgan fingerprint density at radius 3 is 2.53 bits per heavy atom. The molecule has 3 heteroatoms. The predicted molar refractivity (Wildman–Crippen MR) is 72.9 cm³/mol. The number of aryl methyl sites for hydroxylation is 1. The summed E-state index contributed by atoms with van der Waals surface area (Å²) in [7, 11) is 0. The van der Waals surface area contributed by atoms with Gasteiger partial charge in [0.25, 0.3) is 0 Å². The van der Waals surface area contributed by atoms with Crippen LogP contribution in [0.1, 0.15) is 32.8 Å². The zero-order valence-corrected chi connectivity index (χ0v) is 11.3. The maximum absolute atomic E-state index is 13.4. The lowest BCUT2D eigenvalue weighted by atomic mass is 10.1. The van der Waals surface area contributed by atoms with E-state index in [2.05, 4.69) is 25.7 Å². The Morgan fingerprint density at radius 1 is 1.35 bits per heavy atom. The smallest absolute Gasteiger partial charge is 0.128 e. The summed E-state index contributed by atoms with van der Waals surface area (Å²) in [6.45, 7) is 10.1. The number of hydrogen-bond acceptors (Lipinski definition) is 2. The SMILES string of the molecule is CCC(C)CN(CC)c1cc(C)c(F)cc1N. The predicted octanol–water partition coefficient (Wildman–Crippen LogP) is 3.59. The van der Waals surface area contributed by atoms with Crippen molar-refractivity contribution in [2.75, 3.05) is 23.7 Å². The van der Waals surface area contributed by atoms with E-state index in [1.165, 1.54) is 6.07 Å². The van der Waals surface area contributed by atoms with E-state index >= 15 is 0 Å². The molecule has 0 heterocycles. The molecule has 1 rings (SSSR count). The summed E-state index contributed by atoms with van der Waals surface area (Å²) in [6, 6.07) is 3.26. The molecule has 1 unspecified atom stereocenters. The van der Waals surface area contributed by atoms with E-state index in [9.17, 15) is 4.39 Å². The number of halogens is 1. The largest absolute Gasteiger partial charge is 0.397 e. The van der Waals surface area contributed by atoms with Crippen LogP contribution < -0.4 is 10.6 Å². The van der Waals surface area contributed by atoms with Crippen molar-refractivity contribution in [2.45, 2.75) is 34.1 Å². The summed E-state index contributed by atoms with van der Waals surface area (Å²) >= 11 is 0. The fourth-order valence-electron chi connectivity index (χ4n) is 1.86. The molecule has 0 aliphatic rings. The molecular formula is C14H23FN2. The molecule has 0 bridgehead atoms. The van der Waals surface area contributed by atoms with Crippen LogP contribution in [0.3, 0.4) is 0 Å².